The average molecular weight is 442 g/mol. The summed E-state index contributed by atoms with van der Waals surface area (Å²) in [5, 5.41) is 11.7. The molecule has 0 aliphatic carbocycles. The minimum absolute atomic E-state index is 0.215. The normalized spacial score (nSPS) is 15.7. The molecule has 0 radical (unpaired) electrons. The van der Waals surface area contributed by atoms with Crippen LogP contribution in [0.5, 0.6) is 0 Å². The van der Waals surface area contributed by atoms with E-state index in [1.807, 2.05) is 0 Å². The summed E-state index contributed by atoms with van der Waals surface area (Å²) in [5.74, 6) is -3.51. The van der Waals surface area contributed by atoms with Gasteiger partial charge >= 0.3 is 11.7 Å². The van der Waals surface area contributed by atoms with Crippen molar-refractivity contribution >= 4 is 40.7 Å². The molecule has 2 heterocycles. The van der Waals surface area contributed by atoms with E-state index in [0.717, 1.165) is 0 Å². The van der Waals surface area contributed by atoms with Gasteiger partial charge in [0.25, 0.3) is 5.91 Å². The van der Waals surface area contributed by atoms with Crippen molar-refractivity contribution in [2.24, 2.45) is 0 Å². The number of amides is 3. The van der Waals surface area contributed by atoms with Crippen LogP contribution < -0.4 is 15.7 Å². The summed E-state index contributed by atoms with van der Waals surface area (Å²) in [6.07, 6.45) is 5.81. The van der Waals surface area contributed by atoms with Crippen LogP contribution in [0.15, 0.2) is 67.1 Å². The number of anilines is 2. The molecule has 0 saturated heterocycles. The zero-order chi connectivity index (χ0) is 22.0. The fraction of sp³-hybridized carbons (Fsp3) is 0.0952. The van der Waals surface area contributed by atoms with Gasteiger partial charge in [-0.15, -0.1) is 0 Å². The molecule has 0 bridgehead atoms. The van der Waals surface area contributed by atoms with E-state index >= 15 is 0 Å². The number of carbonyl (C=O) groups is 3. The fourth-order valence-corrected chi connectivity index (χ4v) is 3.47. The van der Waals surface area contributed by atoms with Crippen LogP contribution in [0.3, 0.4) is 0 Å². The molecule has 10 heteroatoms. The Balaban J connectivity index is 1.56. The van der Waals surface area contributed by atoms with Gasteiger partial charge in [0.15, 0.2) is 0 Å². The Kier molecular flexibility index (Phi) is 5.37. The maximum absolute atomic E-state index is 13.3. The molecular formula is C21H16ClN3O6. The van der Waals surface area contributed by atoms with Crippen LogP contribution in [-0.2, 0) is 24.8 Å². The van der Waals surface area contributed by atoms with Crippen molar-refractivity contribution in [2.45, 2.75) is 5.79 Å². The number of rotatable bonds is 4. The number of hydrogen-bond acceptors (Lipinski definition) is 6. The molecule has 0 aromatic heterocycles. The number of hydrogen-bond donors (Lipinski definition) is 3. The molecule has 4 rings (SSSR count). The van der Waals surface area contributed by atoms with Gasteiger partial charge in [-0.05, 0) is 54.6 Å². The Morgan fingerprint density at radius 2 is 1.74 bits per heavy atom. The van der Waals surface area contributed by atoms with E-state index in [1.54, 1.807) is 30.4 Å². The van der Waals surface area contributed by atoms with Gasteiger partial charge in [0.2, 0.25) is 5.91 Å². The van der Waals surface area contributed by atoms with E-state index in [-0.39, 0.29) is 12.1 Å². The van der Waals surface area contributed by atoms with Crippen LogP contribution in [0, 0.1) is 0 Å². The molecule has 3 amide bonds. The number of ether oxygens (including phenoxy) is 2. The lowest BCUT2D eigenvalue weighted by atomic mass is 10.1. The van der Waals surface area contributed by atoms with E-state index in [1.165, 1.54) is 47.2 Å². The molecule has 0 atom stereocenters. The second-order valence-corrected chi connectivity index (χ2v) is 7.07. The Morgan fingerprint density at radius 3 is 2.39 bits per heavy atom. The van der Waals surface area contributed by atoms with Gasteiger partial charge in [-0.2, -0.15) is 0 Å². The maximum atomic E-state index is 13.3. The number of carbonyl (C=O) groups excluding carboxylic acids is 3. The highest BCUT2D eigenvalue weighted by Crippen LogP contribution is 2.45. The molecule has 1 spiro atoms. The molecule has 0 saturated carbocycles. The van der Waals surface area contributed by atoms with E-state index in [4.69, 9.17) is 26.3 Å². The number of allylic oxidation sites excluding steroid dienone is 2. The minimum Gasteiger partial charge on any atom is -0.449 e. The molecule has 2 aromatic carbocycles. The molecule has 0 fully saturated rings. The first-order valence-corrected chi connectivity index (χ1v) is 9.46. The van der Waals surface area contributed by atoms with Gasteiger partial charge < -0.3 is 14.8 Å². The summed E-state index contributed by atoms with van der Waals surface area (Å²) in [4.78, 5) is 38.5. The van der Waals surface area contributed by atoms with Gasteiger partial charge in [-0.1, -0.05) is 11.6 Å². The molecule has 2 aliphatic rings. The minimum atomic E-state index is -1.77. The predicted molar refractivity (Wildman–Crippen MR) is 110 cm³/mol. The average Bonchev–Trinajstić information content (AvgIpc) is 2.94. The number of nitrogens with one attached hydrogen (secondary N) is 2. The zero-order valence-corrected chi connectivity index (χ0v) is 16.6. The Labute approximate surface area is 181 Å². The van der Waals surface area contributed by atoms with E-state index in [2.05, 4.69) is 5.32 Å². The lowest BCUT2D eigenvalue weighted by Gasteiger charge is -2.26. The van der Waals surface area contributed by atoms with Gasteiger partial charge in [-0.3, -0.25) is 24.5 Å². The molecule has 158 valence electrons. The van der Waals surface area contributed by atoms with Crippen LogP contribution in [0.1, 0.15) is 15.9 Å². The third-order valence-corrected chi connectivity index (χ3v) is 4.94. The summed E-state index contributed by atoms with van der Waals surface area (Å²) in [6.45, 7) is -0.311. The third kappa shape index (κ3) is 3.72. The highest BCUT2D eigenvalue weighted by Gasteiger charge is 2.56. The van der Waals surface area contributed by atoms with Gasteiger partial charge in [0.05, 0.1) is 23.8 Å². The van der Waals surface area contributed by atoms with Gasteiger partial charge in [0, 0.05) is 16.3 Å². The number of benzene rings is 2. The predicted octanol–water partition coefficient (Wildman–Crippen LogP) is 2.67. The molecular weight excluding hydrogens is 426 g/mol. The van der Waals surface area contributed by atoms with Crippen molar-refractivity contribution in [3.8, 4) is 0 Å². The van der Waals surface area contributed by atoms with Crippen molar-refractivity contribution in [3.05, 3.63) is 83.3 Å². The largest absolute Gasteiger partial charge is 0.449 e. The van der Waals surface area contributed by atoms with Crippen LogP contribution >= 0.6 is 11.6 Å². The van der Waals surface area contributed by atoms with E-state index in [0.29, 0.717) is 22.0 Å². The third-order valence-electron chi connectivity index (χ3n) is 4.70. The van der Waals surface area contributed by atoms with Gasteiger partial charge in [0.1, 0.15) is 6.54 Å². The summed E-state index contributed by atoms with van der Waals surface area (Å²) >= 11 is 6.12. The maximum Gasteiger partial charge on any atom is 0.361 e. The Hall–Kier alpha value is -3.82. The second-order valence-electron chi connectivity index (χ2n) is 6.63. The quantitative estimate of drug-likeness (QED) is 0.496. The first-order chi connectivity index (χ1) is 14.9. The number of fused-ring (bicyclic) bond motifs is 2. The molecule has 9 nitrogen and oxygen atoms in total. The number of nitrogens with zero attached hydrogens (tertiary/aromatic N) is 1. The fourth-order valence-electron chi connectivity index (χ4n) is 3.30. The lowest BCUT2D eigenvalue weighted by Crippen LogP contribution is -2.45. The van der Waals surface area contributed by atoms with Crippen molar-refractivity contribution in [1.82, 2.24) is 5.48 Å². The summed E-state index contributed by atoms with van der Waals surface area (Å²) in [6, 6.07) is 10.6. The number of hydroxylamine groups is 1. The molecule has 0 unspecified atom stereocenters. The molecule has 2 aliphatic heterocycles. The van der Waals surface area contributed by atoms with Crippen LogP contribution in [0.4, 0.5) is 11.4 Å². The van der Waals surface area contributed by atoms with E-state index < -0.39 is 23.5 Å². The molecule has 3 N–H and O–H groups in total. The SMILES string of the molecule is O=C(CN1C(=O)C2(OC=CC=CO2)c2cc(Cl)ccc21)Nc1ccc(C(=O)NO)cc1. The van der Waals surface area contributed by atoms with Crippen LogP contribution in [0.2, 0.25) is 5.02 Å². The standard InChI is InChI=1S/C21H16ClN3O6/c22-14-5-8-17-16(11-14)21(30-9-1-2-10-31-21)20(28)25(17)12-18(26)23-15-6-3-13(4-7-15)19(27)24-29/h1-11,29H,12H2,(H,23,26)(H,24,27). The van der Waals surface area contributed by atoms with Crippen molar-refractivity contribution in [2.75, 3.05) is 16.8 Å². The number of halogens is 1. The monoisotopic (exact) mass is 441 g/mol. The highest BCUT2D eigenvalue weighted by atomic mass is 35.5. The lowest BCUT2D eigenvalue weighted by molar-refractivity contribution is -0.187. The van der Waals surface area contributed by atoms with Crippen LogP contribution in [0.25, 0.3) is 0 Å². The topological polar surface area (TPSA) is 117 Å². The Bertz CT molecular complexity index is 1100. The summed E-state index contributed by atoms with van der Waals surface area (Å²) in [7, 11) is 0. The van der Waals surface area contributed by atoms with Crippen LogP contribution in [-0.4, -0.2) is 29.5 Å². The second kappa shape index (κ2) is 8.13. The van der Waals surface area contributed by atoms with E-state index in [9.17, 15) is 14.4 Å². The summed E-state index contributed by atoms with van der Waals surface area (Å²) in [5.41, 5.74) is 2.97. The Morgan fingerprint density at radius 1 is 1.06 bits per heavy atom. The van der Waals surface area contributed by atoms with Crippen molar-refractivity contribution < 1.29 is 29.1 Å². The molecule has 2 aromatic rings. The van der Waals surface area contributed by atoms with Crippen molar-refractivity contribution in [3.63, 3.8) is 0 Å². The zero-order valence-electron chi connectivity index (χ0n) is 15.9. The van der Waals surface area contributed by atoms with Crippen molar-refractivity contribution in [1.29, 1.82) is 0 Å². The first-order valence-electron chi connectivity index (χ1n) is 9.08. The highest BCUT2D eigenvalue weighted by molar-refractivity contribution is 6.31. The van der Waals surface area contributed by atoms with Gasteiger partial charge in [-0.25, -0.2) is 5.48 Å². The first kappa shape index (κ1) is 20.5. The summed E-state index contributed by atoms with van der Waals surface area (Å²) < 4.78 is 11.2. The smallest absolute Gasteiger partial charge is 0.361 e. The molecule has 31 heavy (non-hydrogen) atoms.